The molecular weight excluding hydrogens is 244 g/mol. The molecule has 5 heteroatoms. The number of carboxylic acids is 1. The second-order valence-corrected chi connectivity index (χ2v) is 5.85. The molecule has 1 saturated carbocycles. The van der Waals surface area contributed by atoms with Crippen LogP contribution in [0.2, 0.25) is 0 Å². The van der Waals surface area contributed by atoms with Gasteiger partial charge in [-0.2, -0.15) is 0 Å². The second kappa shape index (κ2) is 7.36. The van der Waals surface area contributed by atoms with E-state index in [4.69, 9.17) is 5.11 Å². The van der Waals surface area contributed by atoms with Gasteiger partial charge in [0.2, 0.25) is 0 Å². The second-order valence-electron chi connectivity index (χ2n) is 5.85. The molecule has 2 atom stereocenters. The molecule has 5 nitrogen and oxygen atoms in total. The van der Waals surface area contributed by atoms with Gasteiger partial charge in [-0.1, -0.05) is 19.8 Å². The van der Waals surface area contributed by atoms with Gasteiger partial charge in [0, 0.05) is 18.6 Å². The van der Waals surface area contributed by atoms with Gasteiger partial charge in [0.15, 0.2) is 0 Å². The predicted molar refractivity (Wildman–Crippen MR) is 74.0 cm³/mol. The molecule has 0 heterocycles. The van der Waals surface area contributed by atoms with Crippen molar-refractivity contribution in [2.75, 3.05) is 6.54 Å². The van der Waals surface area contributed by atoms with E-state index >= 15 is 0 Å². The van der Waals surface area contributed by atoms with Gasteiger partial charge in [-0.3, -0.25) is 4.79 Å². The van der Waals surface area contributed by atoms with Crippen molar-refractivity contribution in [2.24, 2.45) is 5.92 Å². The highest BCUT2D eigenvalue weighted by Crippen LogP contribution is 2.23. The molecule has 110 valence electrons. The van der Waals surface area contributed by atoms with Crippen LogP contribution in [0.25, 0.3) is 0 Å². The molecule has 1 fully saturated rings. The molecular formula is C14H26N2O3. The van der Waals surface area contributed by atoms with E-state index in [1.54, 1.807) is 4.90 Å². The molecule has 19 heavy (non-hydrogen) atoms. The summed E-state index contributed by atoms with van der Waals surface area (Å²) in [7, 11) is 0. The van der Waals surface area contributed by atoms with Crippen molar-refractivity contribution in [2.45, 2.75) is 65.0 Å². The molecule has 0 radical (unpaired) electrons. The van der Waals surface area contributed by atoms with Gasteiger partial charge < -0.3 is 15.3 Å². The van der Waals surface area contributed by atoms with Crippen LogP contribution in [0.1, 0.15) is 52.9 Å². The Morgan fingerprint density at radius 2 is 2.05 bits per heavy atom. The highest BCUT2D eigenvalue weighted by Gasteiger charge is 2.24. The summed E-state index contributed by atoms with van der Waals surface area (Å²) in [4.78, 5) is 24.4. The molecule has 0 aromatic rings. The molecule has 2 unspecified atom stereocenters. The summed E-state index contributed by atoms with van der Waals surface area (Å²) in [5.41, 5.74) is 0. The average molecular weight is 270 g/mol. The smallest absolute Gasteiger partial charge is 0.317 e. The zero-order valence-electron chi connectivity index (χ0n) is 12.2. The number of carbonyl (C=O) groups excluding carboxylic acids is 1. The molecule has 0 saturated heterocycles. The van der Waals surface area contributed by atoms with E-state index in [1.165, 1.54) is 6.42 Å². The third-order valence-corrected chi connectivity index (χ3v) is 3.71. The molecule has 2 N–H and O–H groups in total. The van der Waals surface area contributed by atoms with Crippen molar-refractivity contribution in [1.29, 1.82) is 0 Å². The van der Waals surface area contributed by atoms with Gasteiger partial charge in [0.25, 0.3) is 0 Å². The molecule has 0 bridgehead atoms. The van der Waals surface area contributed by atoms with Crippen LogP contribution in [0, 0.1) is 5.92 Å². The monoisotopic (exact) mass is 270 g/mol. The molecule has 0 aromatic heterocycles. The first-order valence-corrected chi connectivity index (χ1v) is 7.19. The lowest BCUT2D eigenvalue weighted by Crippen LogP contribution is -2.49. The highest BCUT2D eigenvalue weighted by atomic mass is 16.4. The largest absolute Gasteiger partial charge is 0.481 e. The van der Waals surface area contributed by atoms with Crippen LogP contribution in [-0.4, -0.2) is 40.6 Å². The number of amides is 2. The molecule has 1 rings (SSSR count). The molecule has 0 aliphatic heterocycles. The van der Waals surface area contributed by atoms with Crippen LogP contribution < -0.4 is 5.32 Å². The summed E-state index contributed by atoms with van der Waals surface area (Å²) in [6.07, 6.45) is 4.44. The molecule has 0 aromatic carbocycles. The number of nitrogens with zero attached hydrogens (tertiary/aromatic N) is 1. The topological polar surface area (TPSA) is 69.6 Å². The molecule has 1 aliphatic carbocycles. The first-order chi connectivity index (χ1) is 8.90. The summed E-state index contributed by atoms with van der Waals surface area (Å²) in [6, 6.07) is 0.123. The van der Waals surface area contributed by atoms with Crippen LogP contribution >= 0.6 is 0 Å². The Bertz CT molecular complexity index is 318. The number of carbonyl (C=O) groups is 2. The van der Waals surface area contributed by atoms with Crippen molar-refractivity contribution < 1.29 is 14.7 Å². The van der Waals surface area contributed by atoms with E-state index in [-0.39, 0.29) is 31.1 Å². The first-order valence-electron chi connectivity index (χ1n) is 7.19. The Balaban J connectivity index is 2.49. The quantitative estimate of drug-likeness (QED) is 0.806. The lowest BCUT2D eigenvalue weighted by molar-refractivity contribution is -0.137. The van der Waals surface area contributed by atoms with Crippen LogP contribution in [0.4, 0.5) is 4.79 Å². The fraction of sp³-hybridized carbons (Fsp3) is 0.857. The minimum absolute atomic E-state index is 0.00727. The van der Waals surface area contributed by atoms with E-state index in [0.717, 1.165) is 19.3 Å². The molecule has 2 amide bonds. The van der Waals surface area contributed by atoms with E-state index < -0.39 is 5.97 Å². The zero-order valence-corrected chi connectivity index (χ0v) is 12.2. The Labute approximate surface area is 115 Å². The summed E-state index contributed by atoms with van der Waals surface area (Å²) >= 11 is 0. The van der Waals surface area contributed by atoms with Gasteiger partial charge >= 0.3 is 12.0 Å². The van der Waals surface area contributed by atoms with Gasteiger partial charge in [-0.25, -0.2) is 4.79 Å². The minimum atomic E-state index is -0.871. The fourth-order valence-corrected chi connectivity index (χ4v) is 2.63. The summed E-state index contributed by atoms with van der Waals surface area (Å²) < 4.78 is 0. The Morgan fingerprint density at radius 1 is 1.37 bits per heavy atom. The fourth-order valence-electron chi connectivity index (χ4n) is 2.63. The molecule has 1 aliphatic rings. The standard InChI is InChI=1S/C14H26N2O3/c1-10(2)16(8-7-13(17)18)14(19)15-12-6-4-5-11(3)9-12/h10-12H,4-9H2,1-3H3,(H,15,19)(H,17,18). The number of nitrogens with one attached hydrogen (secondary N) is 1. The Hall–Kier alpha value is -1.26. The summed E-state index contributed by atoms with van der Waals surface area (Å²) in [5.74, 6) is -0.213. The molecule has 0 spiro atoms. The van der Waals surface area contributed by atoms with E-state index in [1.807, 2.05) is 13.8 Å². The van der Waals surface area contributed by atoms with Crippen LogP contribution in [0.3, 0.4) is 0 Å². The maximum absolute atomic E-state index is 12.2. The number of urea groups is 1. The third kappa shape index (κ3) is 5.49. The first kappa shape index (κ1) is 15.8. The van der Waals surface area contributed by atoms with Gasteiger partial charge in [0.1, 0.15) is 0 Å². The Kier molecular flexibility index (Phi) is 6.12. The minimum Gasteiger partial charge on any atom is -0.481 e. The van der Waals surface area contributed by atoms with Crippen molar-refractivity contribution in [1.82, 2.24) is 10.2 Å². The van der Waals surface area contributed by atoms with E-state index in [9.17, 15) is 9.59 Å². The van der Waals surface area contributed by atoms with Gasteiger partial charge in [-0.15, -0.1) is 0 Å². The average Bonchev–Trinajstić information content (AvgIpc) is 2.28. The van der Waals surface area contributed by atoms with Crippen molar-refractivity contribution in [3.05, 3.63) is 0 Å². The van der Waals surface area contributed by atoms with Crippen LogP contribution in [-0.2, 0) is 4.79 Å². The maximum Gasteiger partial charge on any atom is 0.317 e. The van der Waals surface area contributed by atoms with E-state index in [2.05, 4.69) is 12.2 Å². The summed E-state index contributed by atoms with van der Waals surface area (Å²) in [5, 5.41) is 11.8. The van der Waals surface area contributed by atoms with Crippen molar-refractivity contribution >= 4 is 12.0 Å². The normalized spacial score (nSPS) is 23.2. The van der Waals surface area contributed by atoms with Crippen LogP contribution in [0.15, 0.2) is 0 Å². The predicted octanol–water partition coefficient (Wildman–Crippen LogP) is 2.46. The number of rotatable bonds is 5. The summed E-state index contributed by atoms with van der Waals surface area (Å²) in [6.45, 7) is 6.29. The zero-order chi connectivity index (χ0) is 14.4. The van der Waals surface area contributed by atoms with Crippen molar-refractivity contribution in [3.63, 3.8) is 0 Å². The lowest BCUT2D eigenvalue weighted by Gasteiger charge is -2.32. The van der Waals surface area contributed by atoms with Crippen LogP contribution in [0.5, 0.6) is 0 Å². The van der Waals surface area contributed by atoms with Gasteiger partial charge in [0.05, 0.1) is 6.42 Å². The third-order valence-electron chi connectivity index (χ3n) is 3.71. The SMILES string of the molecule is CC1CCCC(NC(=O)N(CCC(=O)O)C(C)C)C1. The lowest BCUT2D eigenvalue weighted by atomic mass is 9.87. The number of carboxylic acid groups (broad SMARTS) is 1. The van der Waals surface area contributed by atoms with Gasteiger partial charge in [-0.05, 0) is 32.6 Å². The van der Waals surface area contributed by atoms with E-state index in [0.29, 0.717) is 5.92 Å². The Morgan fingerprint density at radius 3 is 2.58 bits per heavy atom. The number of hydrogen-bond donors (Lipinski definition) is 2. The highest BCUT2D eigenvalue weighted by molar-refractivity contribution is 5.75. The number of hydrogen-bond acceptors (Lipinski definition) is 2. The number of aliphatic carboxylic acids is 1. The van der Waals surface area contributed by atoms with Crippen molar-refractivity contribution in [3.8, 4) is 0 Å². The maximum atomic E-state index is 12.2.